The summed E-state index contributed by atoms with van der Waals surface area (Å²) in [5.74, 6) is 1.54. The fraction of sp³-hybridized carbons (Fsp3) is 0.821. The molecule has 7 atom stereocenters. The summed E-state index contributed by atoms with van der Waals surface area (Å²) in [4.78, 5) is 24.1. The van der Waals surface area contributed by atoms with Crippen molar-refractivity contribution >= 4 is 24.1 Å². The van der Waals surface area contributed by atoms with Crippen LogP contribution in [0.3, 0.4) is 0 Å². The first-order valence-electron chi connectivity index (χ1n) is 13.3. The second-order valence-electron chi connectivity index (χ2n) is 11.2. The zero-order valence-electron chi connectivity index (χ0n) is 22.0. The molecule has 33 heavy (non-hydrogen) atoms. The first kappa shape index (κ1) is 26.4. The van der Waals surface area contributed by atoms with Crippen LogP contribution in [-0.4, -0.2) is 43.5 Å². The van der Waals surface area contributed by atoms with Gasteiger partial charge in [0.2, 0.25) is 0 Å². The first-order valence-corrected chi connectivity index (χ1v) is 13.3. The van der Waals surface area contributed by atoms with Gasteiger partial charge in [-0.25, -0.2) is 0 Å². The number of esters is 1. The van der Waals surface area contributed by atoms with Gasteiger partial charge in [0, 0.05) is 6.92 Å². The quantitative estimate of drug-likeness (QED) is 0.396. The van der Waals surface area contributed by atoms with E-state index in [2.05, 4.69) is 40.6 Å². The summed E-state index contributed by atoms with van der Waals surface area (Å²) in [6, 6.07) is 0. The first-order chi connectivity index (χ1) is 15.7. The third-order valence-corrected chi connectivity index (χ3v) is 9.41. The Morgan fingerprint density at radius 3 is 2.58 bits per heavy atom. The van der Waals surface area contributed by atoms with Gasteiger partial charge < -0.3 is 0 Å². The van der Waals surface area contributed by atoms with E-state index in [1.165, 1.54) is 24.4 Å². The van der Waals surface area contributed by atoms with Crippen LogP contribution in [0, 0.1) is 34.5 Å². The van der Waals surface area contributed by atoms with E-state index < -0.39 is 0 Å². The molecule has 0 aromatic heterocycles. The van der Waals surface area contributed by atoms with Gasteiger partial charge in [0.1, 0.15) is 0 Å². The van der Waals surface area contributed by atoms with E-state index in [0.717, 1.165) is 45.1 Å². The molecule has 0 N–H and O–H groups in total. The van der Waals surface area contributed by atoms with Gasteiger partial charge in [-0.3, -0.25) is 4.79 Å². The van der Waals surface area contributed by atoms with Crippen molar-refractivity contribution in [2.45, 2.75) is 99.4 Å². The van der Waals surface area contributed by atoms with Gasteiger partial charge in [-0.05, 0) is 0 Å². The molecular formula is C28H45BO4. The maximum absolute atomic E-state index is 12.9. The number of fused-ring (bicyclic) bond motifs is 2. The van der Waals surface area contributed by atoms with Crippen LogP contribution >= 0.6 is 0 Å². The number of allylic oxidation sites excluding steroid dienone is 1. The molecule has 2 saturated carbocycles. The molecule has 3 fully saturated rings. The van der Waals surface area contributed by atoms with E-state index in [4.69, 9.17) is 9.47 Å². The molecule has 4 rings (SSSR count). The summed E-state index contributed by atoms with van der Waals surface area (Å²) in [6.07, 6.45) is 10.3. The monoisotopic (exact) mass is 456 g/mol. The minimum absolute atomic E-state index is 0.0186. The molecule has 0 amide bonds. The van der Waals surface area contributed by atoms with Crippen LogP contribution in [0.2, 0.25) is 6.82 Å². The SMILES string of the molecule is CB=C1C=C2C(CC3C(C)CCC4(C)C(C(=O)COC(C)=O)CCC34)OCC2(C)CC1.CC. The Labute approximate surface area is 202 Å². The minimum atomic E-state index is -0.370. The molecule has 0 bridgehead atoms. The fourth-order valence-corrected chi connectivity index (χ4v) is 7.37. The van der Waals surface area contributed by atoms with Crippen LogP contribution in [0.15, 0.2) is 11.6 Å². The molecule has 0 aromatic rings. The Hall–Kier alpha value is -1.23. The number of ketones is 1. The summed E-state index contributed by atoms with van der Waals surface area (Å²) in [7, 11) is 0. The summed E-state index contributed by atoms with van der Waals surface area (Å²) in [6.45, 7) is 17.6. The molecule has 3 aliphatic carbocycles. The molecule has 1 saturated heterocycles. The Morgan fingerprint density at radius 1 is 1.18 bits per heavy atom. The topological polar surface area (TPSA) is 52.6 Å². The number of carbonyl (C=O) groups is 2. The van der Waals surface area contributed by atoms with Crippen LogP contribution in [0.1, 0.15) is 86.5 Å². The van der Waals surface area contributed by atoms with Crippen molar-refractivity contribution in [3.63, 3.8) is 0 Å². The third-order valence-electron chi connectivity index (χ3n) is 9.41. The van der Waals surface area contributed by atoms with Crippen LogP contribution in [0.4, 0.5) is 0 Å². The maximum Gasteiger partial charge on any atom is -0.0683 e. The third kappa shape index (κ3) is 5.09. The molecule has 5 heteroatoms. The van der Waals surface area contributed by atoms with E-state index in [0.29, 0.717) is 17.8 Å². The van der Waals surface area contributed by atoms with E-state index in [1.807, 2.05) is 13.8 Å². The molecule has 0 radical (unpaired) electrons. The largest absolute Gasteiger partial charge is 0.0683 e. The second-order valence-corrected chi connectivity index (χ2v) is 11.2. The Kier molecular flexibility index (Phi) is 8.46. The van der Waals surface area contributed by atoms with E-state index in [-0.39, 0.29) is 41.2 Å². The molecule has 184 valence electrons. The number of rotatable bonds is 5. The Morgan fingerprint density at radius 2 is 1.91 bits per heavy atom. The maximum atomic E-state index is 12.9. The Bertz CT molecular complexity index is 802. The standard InChI is InChI=1S/C26H39BO4.C2H6/c1-16-8-11-26(4)20(6-7-21(26)23(29)14-30-17(2)28)19(16)13-24-22-12-18(27-5)9-10-25(22,3)15-31-24;1-2/h12,16,19-21,24H,6-11,13-15H2,1-5H3;1-2H3. The van der Waals surface area contributed by atoms with Crippen molar-refractivity contribution in [2.24, 2.45) is 34.5 Å². The number of carbonyl (C=O) groups excluding carboxylic acids is 2. The molecule has 7 unspecified atom stereocenters. The molecule has 1 aliphatic heterocycles. The van der Waals surface area contributed by atoms with E-state index >= 15 is 0 Å². The van der Waals surface area contributed by atoms with Gasteiger partial charge in [-0.15, -0.1) is 0 Å². The predicted octanol–water partition coefficient (Wildman–Crippen LogP) is 5.66. The van der Waals surface area contributed by atoms with Gasteiger partial charge in [-0.2, -0.15) is 0 Å². The van der Waals surface area contributed by atoms with E-state index in [9.17, 15) is 9.59 Å². The molecule has 4 aliphatic rings. The summed E-state index contributed by atoms with van der Waals surface area (Å²) >= 11 is 0. The van der Waals surface area contributed by atoms with Crippen molar-refractivity contribution in [2.75, 3.05) is 13.2 Å². The number of ether oxygens (including phenoxy) is 2. The average molecular weight is 456 g/mol. The summed E-state index contributed by atoms with van der Waals surface area (Å²) in [5.41, 5.74) is 3.16. The van der Waals surface area contributed by atoms with Crippen LogP contribution in [0.5, 0.6) is 0 Å². The van der Waals surface area contributed by atoms with Crippen LogP contribution in [0.25, 0.3) is 0 Å². The van der Waals surface area contributed by atoms with Crippen LogP contribution in [-0.2, 0) is 19.1 Å². The summed E-state index contributed by atoms with van der Waals surface area (Å²) < 4.78 is 11.5. The van der Waals surface area contributed by atoms with Gasteiger partial charge >= 0.3 is 176 Å². The smallest absolute Gasteiger partial charge is 0.0683 e. The van der Waals surface area contributed by atoms with Crippen molar-refractivity contribution in [3.8, 4) is 0 Å². The molecular weight excluding hydrogens is 411 g/mol. The van der Waals surface area contributed by atoms with Crippen LogP contribution < -0.4 is 0 Å². The Balaban J connectivity index is 0.00000149. The summed E-state index contributed by atoms with van der Waals surface area (Å²) in [5, 5.41) is 0. The minimum Gasteiger partial charge on any atom is -0.0683 e. The normalized spacial score (nSPS) is 40.6. The van der Waals surface area contributed by atoms with Gasteiger partial charge in [0.05, 0.1) is 0 Å². The molecule has 1 heterocycles. The van der Waals surface area contributed by atoms with Crippen molar-refractivity contribution < 1.29 is 19.1 Å². The molecule has 0 aromatic carbocycles. The van der Waals surface area contributed by atoms with E-state index in [1.54, 1.807) is 0 Å². The second kappa shape index (κ2) is 10.6. The molecule has 4 nitrogen and oxygen atoms in total. The average Bonchev–Trinajstić information content (AvgIpc) is 3.32. The number of Topliss-reactive ketones (excluding diaryl/α,β-unsaturated/α-hetero) is 1. The zero-order chi connectivity index (χ0) is 24.4. The van der Waals surface area contributed by atoms with Gasteiger partial charge in [-0.1, -0.05) is 13.8 Å². The number of hydrogen-bond acceptors (Lipinski definition) is 4. The molecule has 0 spiro atoms. The van der Waals surface area contributed by atoms with Gasteiger partial charge in [0.25, 0.3) is 0 Å². The van der Waals surface area contributed by atoms with Gasteiger partial charge in [0.15, 0.2) is 0 Å². The predicted molar refractivity (Wildman–Crippen MR) is 136 cm³/mol. The van der Waals surface area contributed by atoms with Crippen molar-refractivity contribution in [3.05, 3.63) is 11.6 Å². The number of hydrogen-bond donors (Lipinski definition) is 0. The zero-order valence-corrected chi connectivity index (χ0v) is 22.0. The van der Waals surface area contributed by atoms with Crippen molar-refractivity contribution in [1.29, 1.82) is 0 Å². The van der Waals surface area contributed by atoms with Crippen molar-refractivity contribution in [1.82, 2.24) is 0 Å². The fourth-order valence-electron chi connectivity index (χ4n) is 7.37.